The molecule has 2 amide bonds. The van der Waals surface area contributed by atoms with E-state index in [1.165, 1.54) is 18.7 Å². The number of hydrogen-bond donors (Lipinski definition) is 0. The summed E-state index contributed by atoms with van der Waals surface area (Å²) in [6.45, 7) is 2.36. The number of benzene rings is 2. The summed E-state index contributed by atoms with van der Waals surface area (Å²) < 4.78 is 5.38. The highest BCUT2D eigenvalue weighted by Gasteiger charge is 2.58. The van der Waals surface area contributed by atoms with E-state index in [0.717, 1.165) is 16.8 Å². The molecule has 28 heavy (non-hydrogen) atoms. The number of ether oxygens (including phenoxy) is 1. The summed E-state index contributed by atoms with van der Waals surface area (Å²) in [6.07, 6.45) is 0. The standard InChI is InChI=1S/C21H19N3O3S/c1-14(25)24-8-9-28-21(24)18-11-17(27-2)6-7-19(18)23(20(21)26)13-16-5-3-4-15(10-16)12-22/h3-7,10-11H,8-9,13H2,1-2H3. The lowest BCUT2D eigenvalue weighted by Crippen LogP contribution is -2.49. The lowest BCUT2D eigenvalue weighted by atomic mass is 10.1. The second-order valence-corrected chi connectivity index (χ2v) is 8.04. The number of nitriles is 1. The van der Waals surface area contributed by atoms with Crippen molar-refractivity contribution < 1.29 is 14.3 Å². The van der Waals surface area contributed by atoms with E-state index >= 15 is 0 Å². The van der Waals surface area contributed by atoms with Crippen molar-refractivity contribution in [2.24, 2.45) is 0 Å². The minimum atomic E-state index is -1.05. The van der Waals surface area contributed by atoms with Gasteiger partial charge >= 0.3 is 0 Å². The molecule has 1 spiro atoms. The molecular formula is C21H19N3O3S. The molecule has 0 bridgehead atoms. The van der Waals surface area contributed by atoms with Gasteiger partial charge in [0.2, 0.25) is 5.91 Å². The normalized spacial score (nSPS) is 20.4. The molecule has 2 heterocycles. The van der Waals surface area contributed by atoms with Crippen molar-refractivity contribution >= 4 is 29.3 Å². The van der Waals surface area contributed by atoms with Crippen molar-refractivity contribution in [2.45, 2.75) is 18.3 Å². The Morgan fingerprint density at radius 1 is 1.32 bits per heavy atom. The molecule has 7 heteroatoms. The maximum atomic E-state index is 13.7. The van der Waals surface area contributed by atoms with Crippen LogP contribution in [0.3, 0.4) is 0 Å². The number of nitrogens with zero attached hydrogens (tertiary/aromatic N) is 3. The number of anilines is 1. The number of fused-ring (bicyclic) bond motifs is 2. The molecule has 4 rings (SSSR count). The van der Waals surface area contributed by atoms with Gasteiger partial charge in [-0.15, -0.1) is 11.8 Å². The summed E-state index contributed by atoms with van der Waals surface area (Å²) in [6, 6.07) is 14.9. The van der Waals surface area contributed by atoms with Crippen LogP contribution in [-0.2, 0) is 21.0 Å². The number of carbonyl (C=O) groups excluding carboxylic acids is 2. The van der Waals surface area contributed by atoms with Gasteiger partial charge in [-0.25, -0.2) is 0 Å². The Hall–Kier alpha value is -2.98. The van der Waals surface area contributed by atoms with Crippen molar-refractivity contribution in [1.29, 1.82) is 5.26 Å². The monoisotopic (exact) mass is 393 g/mol. The van der Waals surface area contributed by atoms with Crippen molar-refractivity contribution in [3.05, 3.63) is 59.2 Å². The first kappa shape index (κ1) is 18.4. The molecule has 0 N–H and O–H groups in total. The SMILES string of the molecule is COc1ccc2c(c1)C1(SCCN1C(C)=O)C(=O)N2Cc1cccc(C#N)c1. The number of rotatable bonds is 3. The smallest absolute Gasteiger partial charge is 0.268 e. The summed E-state index contributed by atoms with van der Waals surface area (Å²) in [5, 5.41) is 9.16. The predicted molar refractivity (Wildman–Crippen MR) is 107 cm³/mol. The van der Waals surface area contributed by atoms with Gasteiger partial charge in [-0.05, 0) is 35.9 Å². The summed E-state index contributed by atoms with van der Waals surface area (Å²) in [4.78, 5) is 28.3. The minimum absolute atomic E-state index is 0.125. The number of thioether (sulfide) groups is 1. The quantitative estimate of drug-likeness (QED) is 0.802. The molecular weight excluding hydrogens is 374 g/mol. The lowest BCUT2D eigenvalue weighted by Gasteiger charge is -2.32. The fourth-order valence-corrected chi connectivity index (χ4v) is 5.43. The van der Waals surface area contributed by atoms with Gasteiger partial charge in [0.05, 0.1) is 31.0 Å². The lowest BCUT2D eigenvalue weighted by molar-refractivity contribution is -0.138. The molecule has 6 nitrogen and oxygen atoms in total. The third kappa shape index (κ3) is 2.64. The summed E-state index contributed by atoms with van der Waals surface area (Å²) in [7, 11) is 1.58. The second-order valence-electron chi connectivity index (χ2n) is 6.75. The Bertz CT molecular complexity index is 1020. The van der Waals surface area contributed by atoms with E-state index in [0.29, 0.717) is 30.2 Å². The highest BCUT2D eigenvalue weighted by molar-refractivity contribution is 8.01. The molecule has 1 unspecified atom stereocenters. The number of hydrogen-bond acceptors (Lipinski definition) is 5. The average Bonchev–Trinajstić information content (AvgIpc) is 3.25. The molecule has 2 aromatic rings. The first-order valence-corrected chi connectivity index (χ1v) is 9.91. The Morgan fingerprint density at radius 3 is 2.86 bits per heavy atom. The van der Waals surface area contributed by atoms with Gasteiger partial charge in [-0.2, -0.15) is 5.26 Å². The van der Waals surface area contributed by atoms with Crippen LogP contribution in [0.1, 0.15) is 23.6 Å². The fourth-order valence-electron chi connectivity index (χ4n) is 3.93. The zero-order chi connectivity index (χ0) is 19.9. The average molecular weight is 393 g/mol. The van der Waals surface area contributed by atoms with E-state index < -0.39 is 4.87 Å². The molecule has 2 aliphatic rings. The number of methoxy groups -OCH3 is 1. The molecule has 0 aliphatic carbocycles. The van der Waals surface area contributed by atoms with E-state index in [4.69, 9.17) is 10.00 Å². The Labute approximate surface area is 167 Å². The van der Waals surface area contributed by atoms with Gasteiger partial charge in [0, 0.05) is 24.8 Å². The molecule has 1 atom stereocenters. The van der Waals surface area contributed by atoms with Crippen LogP contribution in [0.5, 0.6) is 5.75 Å². The van der Waals surface area contributed by atoms with Crippen LogP contribution in [0, 0.1) is 11.3 Å². The van der Waals surface area contributed by atoms with Gasteiger partial charge in [0.15, 0.2) is 4.87 Å². The first-order valence-electron chi connectivity index (χ1n) is 8.93. The van der Waals surface area contributed by atoms with Crippen molar-refractivity contribution in [3.8, 4) is 11.8 Å². The topological polar surface area (TPSA) is 73.6 Å². The largest absolute Gasteiger partial charge is 0.497 e. The van der Waals surface area contributed by atoms with E-state index in [1.54, 1.807) is 29.0 Å². The van der Waals surface area contributed by atoms with Crippen molar-refractivity contribution in [2.75, 3.05) is 24.3 Å². The molecule has 142 valence electrons. The maximum absolute atomic E-state index is 13.7. The van der Waals surface area contributed by atoms with Gasteiger partial charge in [-0.1, -0.05) is 12.1 Å². The van der Waals surface area contributed by atoms with Gasteiger partial charge in [0.1, 0.15) is 5.75 Å². The van der Waals surface area contributed by atoms with Crippen LogP contribution in [-0.4, -0.2) is 36.1 Å². The third-order valence-corrected chi connectivity index (χ3v) is 6.60. The van der Waals surface area contributed by atoms with E-state index in [-0.39, 0.29) is 11.8 Å². The Balaban J connectivity index is 1.83. The Morgan fingerprint density at radius 2 is 2.14 bits per heavy atom. The van der Waals surface area contributed by atoms with Gasteiger partial charge < -0.3 is 14.5 Å². The van der Waals surface area contributed by atoms with Crippen LogP contribution in [0.15, 0.2) is 42.5 Å². The fraction of sp³-hybridized carbons (Fsp3) is 0.286. The zero-order valence-electron chi connectivity index (χ0n) is 15.6. The van der Waals surface area contributed by atoms with Crippen LogP contribution < -0.4 is 9.64 Å². The molecule has 2 aliphatic heterocycles. The first-order chi connectivity index (χ1) is 13.5. The minimum Gasteiger partial charge on any atom is -0.497 e. The molecule has 0 aromatic heterocycles. The summed E-state index contributed by atoms with van der Waals surface area (Å²) in [5.74, 6) is 1.09. The summed E-state index contributed by atoms with van der Waals surface area (Å²) >= 11 is 1.49. The van der Waals surface area contributed by atoms with E-state index in [1.807, 2.05) is 30.3 Å². The summed E-state index contributed by atoms with van der Waals surface area (Å²) in [5.41, 5.74) is 2.97. The van der Waals surface area contributed by atoms with E-state index in [9.17, 15) is 9.59 Å². The number of amides is 2. The zero-order valence-corrected chi connectivity index (χ0v) is 16.5. The molecule has 1 fully saturated rings. The van der Waals surface area contributed by atoms with Crippen molar-refractivity contribution in [1.82, 2.24) is 4.90 Å². The molecule has 2 aromatic carbocycles. The van der Waals surface area contributed by atoms with Crippen LogP contribution in [0.4, 0.5) is 5.69 Å². The van der Waals surface area contributed by atoms with E-state index in [2.05, 4.69) is 6.07 Å². The van der Waals surface area contributed by atoms with Crippen LogP contribution in [0.2, 0.25) is 0 Å². The van der Waals surface area contributed by atoms with Crippen LogP contribution >= 0.6 is 11.8 Å². The van der Waals surface area contributed by atoms with Crippen molar-refractivity contribution in [3.63, 3.8) is 0 Å². The third-order valence-electron chi connectivity index (χ3n) is 5.18. The van der Waals surface area contributed by atoms with Gasteiger partial charge in [0.25, 0.3) is 5.91 Å². The highest BCUT2D eigenvalue weighted by Crippen LogP contribution is 2.55. The van der Waals surface area contributed by atoms with Gasteiger partial charge in [-0.3, -0.25) is 9.59 Å². The number of carbonyl (C=O) groups is 2. The predicted octanol–water partition coefficient (Wildman–Crippen LogP) is 2.86. The van der Waals surface area contributed by atoms with Crippen LogP contribution in [0.25, 0.3) is 0 Å². The highest BCUT2D eigenvalue weighted by atomic mass is 32.2. The maximum Gasteiger partial charge on any atom is 0.268 e. The second kappa shape index (κ2) is 6.88. The molecule has 1 saturated heterocycles. The molecule has 0 saturated carbocycles. The Kier molecular flexibility index (Phi) is 4.52. The molecule has 0 radical (unpaired) electrons.